The third kappa shape index (κ3) is 4.43. The van der Waals surface area contributed by atoms with Gasteiger partial charge in [-0.05, 0) is 37.8 Å². The van der Waals surface area contributed by atoms with E-state index < -0.39 is 0 Å². The van der Waals surface area contributed by atoms with Crippen molar-refractivity contribution in [3.63, 3.8) is 0 Å². The van der Waals surface area contributed by atoms with E-state index in [1.54, 1.807) is 0 Å². The number of hydrogen-bond donors (Lipinski definition) is 1. The summed E-state index contributed by atoms with van der Waals surface area (Å²) in [6, 6.07) is 7.63. The number of rotatable bonds is 5. The van der Waals surface area contributed by atoms with E-state index in [1.807, 2.05) is 36.1 Å². The second-order valence-corrected chi connectivity index (χ2v) is 6.00. The van der Waals surface area contributed by atoms with E-state index in [4.69, 9.17) is 22.1 Å². The molecule has 1 aromatic rings. The van der Waals surface area contributed by atoms with E-state index in [-0.39, 0.29) is 24.6 Å². The zero-order valence-electron chi connectivity index (χ0n) is 12.4. The molecule has 4 nitrogen and oxygen atoms in total. The number of piperidine rings is 1. The molecule has 0 aromatic heterocycles. The van der Waals surface area contributed by atoms with Crippen LogP contribution < -0.4 is 5.73 Å². The van der Waals surface area contributed by atoms with Gasteiger partial charge in [0.25, 0.3) is 0 Å². The van der Waals surface area contributed by atoms with E-state index in [2.05, 4.69) is 0 Å². The van der Waals surface area contributed by atoms with Crippen LogP contribution in [0.1, 0.15) is 31.7 Å². The molecule has 1 aromatic carbocycles. The summed E-state index contributed by atoms with van der Waals surface area (Å²) in [5, 5.41) is 0.663. The lowest BCUT2D eigenvalue weighted by Gasteiger charge is -2.38. The number of likely N-dealkylation sites (tertiary alicyclic amines) is 1. The number of nitrogens with zero attached hydrogens (tertiary/aromatic N) is 1. The smallest absolute Gasteiger partial charge is 0.248 e. The van der Waals surface area contributed by atoms with Gasteiger partial charge in [0.15, 0.2) is 0 Å². The maximum absolute atomic E-state index is 12.3. The molecule has 1 fully saturated rings. The van der Waals surface area contributed by atoms with Gasteiger partial charge in [0.2, 0.25) is 5.91 Å². The molecule has 1 saturated heterocycles. The van der Waals surface area contributed by atoms with Crippen molar-refractivity contribution in [3.05, 3.63) is 34.9 Å². The minimum atomic E-state index is -0.00202. The second-order valence-electron chi connectivity index (χ2n) is 5.59. The summed E-state index contributed by atoms with van der Waals surface area (Å²) in [5.41, 5.74) is 6.88. The molecule has 0 spiro atoms. The van der Waals surface area contributed by atoms with Crippen LogP contribution in [-0.2, 0) is 16.1 Å². The van der Waals surface area contributed by atoms with Gasteiger partial charge in [0.05, 0.1) is 6.61 Å². The summed E-state index contributed by atoms with van der Waals surface area (Å²) in [6.45, 7) is 3.16. The molecule has 2 atom stereocenters. The van der Waals surface area contributed by atoms with Gasteiger partial charge in [-0.1, -0.05) is 29.8 Å². The molecule has 0 radical (unpaired) electrons. The number of ether oxygens (including phenoxy) is 1. The Morgan fingerprint density at radius 3 is 2.95 bits per heavy atom. The van der Waals surface area contributed by atoms with E-state index in [9.17, 15) is 4.79 Å². The predicted molar refractivity (Wildman–Crippen MR) is 84.1 cm³/mol. The Bertz CT molecular complexity index is 479. The zero-order valence-corrected chi connectivity index (χ0v) is 13.2. The van der Waals surface area contributed by atoms with Crippen LogP contribution >= 0.6 is 11.6 Å². The lowest BCUT2D eigenvalue weighted by Crippen LogP contribution is -2.52. The molecule has 2 N–H and O–H groups in total. The molecule has 116 valence electrons. The first kappa shape index (κ1) is 16.3. The third-order valence-electron chi connectivity index (χ3n) is 3.92. The molecular formula is C16H23ClN2O2. The molecule has 2 rings (SSSR count). The van der Waals surface area contributed by atoms with Gasteiger partial charge < -0.3 is 15.4 Å². The number of carbonyl (C=O) groups excluding carboxylic acids is 1. The SMILES string of the molecule is CC(N)C1CCCCN1C(=O)COCc1ccccc1Cl. The monoisotopic (exact) mass is 310 g/mol. The number of amides is 1. The molecule has 21 heavy (non-hydrogen) atoms. The van der Waals surface area contributed by atoms with Gasteiger partial charge in [-0.15, -0.1) is 0 Å². The standard InChI is InChI=1S/C16H23ClN2O2/c1-12(18)15-8-4-5-9-19(15)16(20)11-21-10-13-6-2-3-7-14(13)17/h2-3,6-7,12,15H,4-5,8-11,18H2,1H3. The molecule has 2 unspecified atom stereocenters. The Kier molecular flexibility index (Phi) is 6.03. The lowest BCUT2D eigenvalue weighted by atomic mass is 9.97. The van der Waals surface area contributed by atoms with E-state index in [0.29, 0.717) is 11.6 Å². The van der Waals surface area contributed by atoms with Crippen molar-refractivity contribution in [2.75, 3.05) is 13.2 Å². The van der Waals surface area contributed by atoms with Gasteiger partial charge in [-0.2, -0.15) is 0 Å². The maximum atomic E-state index is 12.3. The van der Waals surface area contributed by atoms with Crippen LogP contribution in [0.4, 0.5) is 0 Å². The van der Waals surface area contributed by atoms with Crippen molar-refractivity contribution in [1.29, 1.82) is 0 Å². The van der Waals surface area contributed by atoms with Crippen LogP contribution in [0.25, 0.3) is 0 Å². The lowest BCUT2D eigenvalue weighted by molar-refractivity contribution is -0.140. The zero-order chi connectivity index (χ0) is 15.2. The Morgan fingerprint density at radius 1 is 1.48 bits per heavy atom. The van der Waals surface area contributed by atoms with E-state index in [1.165, 1.54) is 0 Å². The van der Waals surface area contributed by atoms with Crippen molar-refractivity contribution in [2.24, 2.45) is 5.73 Å². The van der Waals surface area contributed by atoms with Gasteiger partial charge in [-0.25, -0.2) is 0 Å². The van der Waals surface area contributed by atoms with Crippen LogP contribution in [0.15, 0.2) is 24.3 Å². The molecular weight excluding hydrogens is 288 g/mol. The fourth-order valence-corrected chi connectivity index (χ4v) is 2.95. The van der Waals surface area contributed by atoms with Crippen molar-refractivity contribution in [2.45, 2.75) is 44.9 Å². The fourth-order valence-electron chi connectivity index (χ4n) is 2.76. The average molecular weight is 311 g/mol. The molecule has 1 heterocycles. The molecule has 1 aliphatic rings. The van der Waals surface area contributed by atoms with Crippen molar-refractivity contribution < 1.29 is 9.53 Å². The highest BCUT2D eigenvalue weighted by molar-refractivity contribution is 6.31. The van der Waals surface area contributed by atoms with Crippen molar-refractivity contribution >= 4 is 17.5 Å². The molecule has 5 heteroatoms. The first-order valence-corrected chi connectivity index (χ1v) is 7.83. The Morgan fingerprint density at radius 2 is 2.24 bits per heavy atom. The maximum Gasteiger partial charge on any atom is 0.248 e. The highest BCUT2D eigenvalue weighted by Crippen LogP contribution is 2.20. The quantitative estimate of drug-likeness (QED) is 0.909. The van der Waals surface area contributed by atoms with Crippen LogP contribution in [0, 0.1) is 0 Å². The van der Waals surface area contributed by atoms with Crippen LogP contribution in [-0.4, -0.2) is 36.0 Å². The number of hydrogen-bond acceptors (Lipinski definition) is 3. The Hall–Kier alpha value is -1.10. The molecule has 0 bridgehead atoms. The topological polar surface area (TPSA) is 55.6 Å². The summed E-state index contributed by atoms with van der Waals surface area (Å²) < 4.78 is 5.53. The van der Waals surface area contributed by atoms with Gasteiger partial charge in [-0.3, -0.25) is 4.79 Å². The van der Waals surface area contributed by atoms with E-state index in [0.717, 1.165) is 31.4 Å². The van der Waals surface area contributed by atoms with Crippen molar-refractivity contribution in [1.82, 2.24) is 4.90 Å². The highest BCUT2D eigenvalue weighted by Gasteiger charge is 2.28. The Labute approximate surface area is 131 Å². The minimum absolute atomic E-state index is 0.00202. The third-order valence-corrected chi connectivity index (χ3v) is 4.29. The predicted octanol–water partition coefficient (Wildman–Crippen LogP) is 2.58. The molecule has 1 amide bonds. The van der Waals surface area contributed by atoms with Crippen LogP contribution in [0.5, 0.6) is 0 Å². The number of halogens is 1. The first-order valence-electron chi connectivity index (χ1n) is 7.46. The average Bonchev–Trinajstić information content (AvgIpc) is 2.49. The summed E-state index contributed by atoms with van der Waals surface area (Å²) in [7, 11) is 0. The van der Waals surface area contributed by atoms with Crippen LogP contribution in [0.3, 0.4) is 0 Å². The first-order chi connectivity index (χ1) is 10.1. The number of carbonyl (C=O) groups is 1. The normalized spacial score (nSPS) is 20.3. The van der Waals surface area contributed by atoms with Gasteiger partial charge in [0, 0.05) is 23.7 Å². The Balaban J connectivity index is 1.85. The van der Waals surface area contributed by atoms with Gasteiger partial charge in [0.1, 0.15) is 6.61 Å². The summed E-state index contributed by atoms with van der Waals surface area (Å²) in [6.07, 6.45) is 3.16. The van der Waals surface area contributed by atoms with Crippen molar-refractivity contribution in [3.8, 4) is 0 Å². The highest BCUT2D eigenvalue weighted by atomic mass is 35.5. The largest absolute Gasteiger partial charge is 0.367 e. The number of benzene rings is 1. The summed E-state index contributed by atoms with van der Waals surface area (Å²) >= 11 is 6.06. The summed E-state index contributed by atoms with van der Waals surface area (Å²) in [4.78, 5) is 14.2. The number of nitrogens with two attached hydrogens (primary N) is 1. The summed E-state index contributed by atoms with van der Waals surface area (Å²) in [5.74, 6) is 0.0176. The molecule has 0 saturated carbocycles. The van der Waals surface area contributed by atoms with E-state index >= 15 is 0 Å². The molecule has 1 aliphatic heterocycles. The van der Waals surface area contributed by atoms with Gasteiger partial charge >= 0.3 is 0 Å². The fraction of sp³-hybridized carbons (Fsp3) is 0.562. The minimum Gasteiger partial charge on any atom is -0.367 e. The van der Waals surface area contributed by atoms with Crippen LogP contribution in [0.2, 0.25) is 5.02 Å². The molecule has 0 aliphatic carbocycles. The second kappa shape index (κ2) is 7.78.